The molecule has 1 N–H and O–H groups in total. The first-order chi connectivity index (χ1) is 4.85. The minimum Gasteiger partial charge on any atom is -0.396 e. The SMILES string of the molecule is C=CC(CO)CCCCC. The monoisotopic (exact) mass is 142 g/mol. The lowest BCUT2D eigenvalue weighted by Crippen LogP contribution is -2.01. The Morgan fingerprint density at radius 1 is 1.50 bits per heavy atom. The van der Waals surface area contributed by atoms with Gasteiger partial charge in [-0.2, -0.15) is 0 Å². The lowest BCUT2D eigenvalue weighted by molar-refractivity contribution is 0.243. The number of unbranched alkanes of at least 4 members (excludes halogenated alkanes) is 2. The van der Waals surface area contributed by atoms with Crippen LogP contribution in [0.5, 0.6) is 0 Å². The van der Waals surface area contributed by atoms with Crippen molar-refractivity contribution in [3.05, 3.63) is 12.7 Å². The maximum absolute atomic E-state index is 8.75. The van der Waals surface area contributed by atoms with E-state index in [1.54, 1.807) is 0 Å². The lowest BCUT2D eigenvalue weighted by atomic mass is 10.0. The summed E-state index contributed by atoms with van der Waals surface area (Å²) in [5.41, 5.74) is 0. The van der Waals surface area contributed by atoms with Gasteiger partial charge in [0.05, 0.1) is 0 Å². The van der Waals surface area contributed by atoms with Crippen LogP contribution in [0.1, 0.15) is 32.6 Å². The molecule has 10 heavy (non-hydrogen) atoms. The molecule has 0 aliphatic rings. The summed E-state index contributed by atoms with van der Waals surface area (Å²) in [7, 11) is 0. The molecule has 1 nitrogen and oxygen atoms in total. The standard InChI is InChI=1S/C9H18O/c1-3-5-6-7-9(4-2)8-10/h4,9-10H,2-3,5-8H2,1H3. The Balaban J connectivity index is 3.17. The Morgan fingerprint density at radius 3 is 2.60 bits per heavy atom. The lowest BCUT2D eigenvalue weighted by Gasteiger charge is -2.06. The van der Waals surface area contributed by atoms with Crippen LogP contribution in [0.3, 0.4) is 0 Å². The third-order valence-electron chi connectivity index (χ3n) is 1.75. The number of rotatable bonds is 6. The van der Waals surface area contributed by atoms with Crippen molar-refractivity contribution in [1.82, 2.24) is 0 Å². The van der Waals surface area contributed by atoms with Crippen molar-refractivity contribution in [1.29, 1.82) is 0 Å². The predicted molar refractivity (Wildman–Crippen MR) is 44.9 cm³/mol. The van der Waals surface area contributed by atoms with Crippen LogP contribution < -0.4 is 0 Å². The third-order valence-corrected chi connectivity index (χ3v) is 1.75. The third kappa shape index (κ3) is 4.57. The molecule has 0 bridgehead atoms. The van der Waals surface area contributed by atoms with E-state index in [4.69, 9.17) is 5.11 Å². The average Bonchev–Trinajstić information content (AvgIpc) is 1.99. The Bertz CT molecular complexity index is 78.8. The van der Waals surface area contributed by atoms with Crippen molar-refractivity contribution in [2.45, 2.75) is 32.6 Å². The second-order valence-corrected chi connectivity index (χ2v) is 2.67. The van der Waals surface area contributed by atoms with Gasteiger partial charge in [0.25, 0.3) is 0 Å². The summed E-state index contributed by atoms with van der Waals surface area (Å²) in [5, 5.41) is 8.75. The van der Waals surface area contributed by atoms with Crippen molar-refractivity contribution in [3.8, 4) is 0 Å². The van der Waals surface area contributed by atoms with E-state index in [0.29, 0.717) is 5.92 Å². The van der Waals surface area contributed by atoms with Gasteiger partial charge < -0.3 is 5.11 Å². The molecule has 1 atom stereocenters. The minimum absolute atomic E-state index is 0.257. The Kier molecular flexibility index (Phi) is 6.61. The van der Waals surface area contributed by atoms with Gasteiger partial charge in [-0.3, -0.25) is 0 Å². The molecule has 0 rings (SSSR count). The molecular formula is C9H18O. The van der Waals surface area contributed by atoms with Gasteiger partial charge in [0.15, 0.2) is 0 Å². The first kappa shape index (κ1) is 9.70. The van der Waals surface area contributed by atoms with Crippen LogP contribution in [-0.4, -0.2) is 11.7 Å². The topological polar surface area (TPSA) is 20.2 Å². The van der Waals surface area contributed by atoms with E-state index in [1.165, 1.54) is 19.3 Å². The summed E-state index contributed by atoms with van der Waals surface area (Å²) in [4.78, 5) is 0. The maximum atomic E-state index is 8.75. The fourth-order valence-corrected chi connectivity index (χ4v) is 0.940. The van der Waals surface area contributed by atoms with Crippen molar-refractivity contribution in [2.24, 2.45) is 5.92 Å². The summed E-state index contributed by atoms with van der Waals surface area (Å²) in [6.45, 7) is 6.09. The molecule has 0 aliphatic heterocycles. The van der Waals surface area contributed by atoms with Gasteiger partial charge >= 0.3 is 0 Å². The van der Waals surface area contributed by atoms with E-state index >= 15 is 0 Å². The number of hydrogen-bond acceptors (Lipinski definition) is 1. The molecule has 0 saturated heterocycles. The predicted octanol–water partition coefficient (Wildman–Crippen LogP) is 2.36. The highest BCUT2D eigenvalue weighted by molar-refractivity contribution is 4.77. The summed E-state index contributed by atoms with van der Waals surface area (Å²) in [6.07, 6.45) is 6.66. The first-order valence-corrected chi connectivity index (χ1v) is 4.08. The van der Waals surface area contributed by atoms with Gasteiger partial charge in [0.2, 0.25) is 0 Å². The van der Waals surface area contributed by atoms with Crippen molar-refractivity contribution >= 4 is 0 Å². The quantitative estimate of drug-likeness (QED) is 0.446. The molecule has 0 heterocycles. The molecule has 0 radical (unpaired) electrons. The fourth-order valence-electron chi connectivity index (χ4n) is 0.940. The highest BCUT2D eigenvalue weighted by Gasteiger charge is 1.99. The van der Waals surface area contributed by atoms with E-state index in [2.05, 4.69) is 13.5 Å². The normalized spacial score (nSPS) is 13.0. The number of hydrogen-bond donors (Lipinski definition) is 1. The zero-order valence-electron chi connectivity index (χ0n) is 6.84. The maximum Gasteiger partial charge on any atom is 0.0493 e. The zero-order chi connectivity index (χ0) is 7.82. The molecule has 0 spiro atoms. The minimum atomic E-state index is 0.257. The molecule has 60 valence electrons. The number of aliphatic hydroxyl groups excluding tert-OH is 1. The molecule has 1 unspecified atom stereocenters. The van der Waals surface area contributed by atoms with E-state index in [1.807, 2.05) is 6.08 Å². The fraction of sp³-hybridized carbons (Fsp3) is 0.778. The average molecular weight is 142 g/mol. The van der Waals surface area contributed by atoms with Crippen molar-refractivity contribution in [2.75, 3.05) is 6.61 Å². The Morgan fingerprint density at radius 2 is 2.20 bits per heavy atom. The van der Waals surface area contributed by atoms with Crippen LogP contribution in [0.25, 0.3) is 0 Å². The first-order valence-electron chi connectivity index (χ1n) is 4.08. The largest absolute Gasteiger partial charge is 0.396 e. The van der Waals surface area contributed by atoms with Gasteiger partial charge in [-0.25, -0.2) is 0 Å². The van der Waals surface area contributed by atoms with Crippen LogP contribution >= 0.6 is 0 Å². The van der Waals surface area contributed by atoms with E-state index in [9.17, 15) is 0 Å². The second kappa shape index (κ2) is 6.81. The van der Waals surface area contributed by atoms with Crippen molar-refractivity contribution in [3.63, 3.8) is 0 Å². The van der Waals surface area contributed by atoms with Crippen LogP contribution in [0, 0.1) is 5.92 Å². The van der Waals surface area contributed by atoms with Crippen LogP contribution in [0.15, 0.2) is 12.7 Å². The summed E-state index contributed by atoms with van der Waals surface area (Å²) >= 11 is 0. The highest BCUT2D eigenvalue weighted by atomic mass is 16.3. The smallest absolute Gasteiger partial charge is 0.0493 e. The van der Waals surface area contributed by atoms with Gasteiger partial charge in [-0.1, -0.05) is 32.3 Å². The Labute approximate surface area is 63.8 Å². The molecule has 0 amide bonds. The van der Waals surface area contributed by atoms with Gasteiger partial charge in [0, 0.05) is 6.61 Å². The summed E-state index contributed by atoms with van der Waals surface area (Å²) in [6, 6.07) is 0. The second-order valence-electron chi connectivity index (χ2n) is 2.67. The summed E-state index contributed by atoms with van der Waals surface area (Å²) < 4.78 is 0. The molecule has 0 aromatic rings. The van der Waals surface area contributed by atoms with Gasteiger partial charge in [-0.05, 0) is 12.3 Å². The molecule has 1 heteroatoms. The van der Waals surface area contributed by atoms with E-state index in [0.717, 1.165) is 6.42 Å². The van der Waals surface area contributed by atoms with Crippen molar-refractivity contribution < 1.29 is 5.11 Å². The molecule has 0 saturated carbocycles. The van der Waals surface area contributed by atoms with E-state index < -0.39 is 0 Å². The summed E-state index contributed by atoms with van der Waals surface area (Å²) in [5.74, 6) is 0.326. The molecule has 0 aromatic heterocycles. The molecular weight excluding hydrogens is 124 g/mol. The Hall–Kier alpha value is -0.300. The zero-order valence-corrected chi connectivity index (χ0v) is 6.84. The molecule has 0 fully saturated rings. The van der Waals surface area contributed by atoms with Gasteiger partial charge in [-0.15, -0.1) is 6.58 Å². The van der Waals surface area contributed by atoms with Crippen LogP contribution in [-0.2, 0) is 0 Å². The van der Waals surface area contributed by atoms with Crippen LogP contribution in [0.2, 0.25) is 0 Å². The highest BCUT2D eigenvalue weighted by Crippen LogP contribution is 2.09. The van der Waals surface area contributed by atoms with E-state index in [-0.39, 0.29) is 6.61 Å². The van der Waals surface area contributed by atoms with Gasteiger partial charge in [0.1, 0.15) is 0 Å². The molecule has 0 aliphatic carbocycles. The van der Waals surface area contributed by atoms with Crippen LogP contribution in [0.4, 0.5) is 0 Å². The number of aliphatic hydroxyl groups is 1. The molecule has 0 aromatic carbocycles.